The van der Waals surface area contributed by atoms with Crippen molar-refractivity contribution < 1.29 is 27.5 Å². The first-order chi connectivity index (χ1) is 17.7. The maximum Gasteiger partial charge on any atom is 0.408 e. The van der Waals surface area contributed by atoms with Crippen LogP contribution in [0, 0.1) is 0 Å². The van der Waals surface area contributed by atoms with Crippen LogP contribution in [0.4, 0.5) is 19.0 Å². The Morgan fingerprint density at radius 1 is 1.11 bits per heavy atom. The molecular weight excluding hydrogens is 544 g/mol. The lowest BCUT2D eigenvalue weighted by molar-refractivity contribution is -0.149. The second kappa shape index (κ2) is 10.8. The molecule has 4 rings (SSSR count). The summed E-state index contributed by atoms with van der Waals surface area (Å²) in [5.74, 6) is -0.0724. The van der Waals surface area contributed by atoms with E-state index in [2.05, 4.69) is 15.2 Å². The first-order valence-electron chi connectivity index (χ1n) is 12.3. The molecule has 7 nitrogen and oxygen atoms in total. The number of anilines is 1. The van der Waals surface area contributed by atoms with Gasteiger partial charge in [-0.25, -0.2) is 4.98 Å². The number of carbonyl (C=O) groups excluding carboxylic acids is 2. The van der Waals surface area contributed by atoms with Crippen LogP contribution in [0.3, 0.4) is 0 Å². The minimum atomic E-state index is -4.52. The van der Waals surface area contributed by atoms with Crippen molar-refractivity contribution in [3.8, 4) is 5.75 Å². The highest BCUT2D eigenvalue weighted by atomic mass is 35.5. The van der Waals surface area contributed by atoms with Crippen LogP contribution in [0.5, 0.6) is 5.75 Å². The number of carbonyl (C=O) groups is 2. The molecule has 1 unspecified atom stereocenters. The number of nitrogens with one attached hydrogen (secondary N) is 2. The van der Waals surface area contributed by atoms with Gasteiger partial charge in [-0.2, -0.15) is 13.2 Å². The number of amides is 2. The largest absolute Gasteiger partial charge is 0.476 e. The number of nitrogens with zero attached hydrogens (tertiary/aromatic N) is 2. The molecule has 3 heterocycles. The summed E-state index contributed by atoms with van der Waals surface area (Å²) in [6.45, 7) is 4.24. The average molecular weight is 573 g/mol. The van der Waals surface area contributed by atoms with Crippen molar-refractivity contribution in [2.45, 2.75) is 82.4 Å². The molecule has 4 atom stereocenters. The normalized spacial score (nSPS) is 22.1. The number of pyridine rings is 1. The zero-order chi connectivity index (χ0) is 27.8. The molecule has 0 saturated carbocycles. The minimum Gasteiger partial charge on any atom is -0.476 e. The van der Waals surface area contributed by atoms with Crippen molar-refractivity contribution >= 4 is 40.8 Å². The minimum absolute atomic E-state index is 0.0577. The van der Waals surface area contributed by atoms with Crippen LogP contribution < -0.4 is 20.3 Å². The molecule has 0 radical (unpaired) electrons. The van der Waals surface area contributed by atoms with E-state index >= 15 is 0 Å². The lowest BCUT2D eigenvalue weighted by Crippen LogP contribution is -2.55. The van der Waals surface area contributed by atoms with Gasteiger partial charge in [-0.05, 0) is 76.8 Å². The van der Waals surface area contributed by atoms with Crippen LogP contribution in [0.1, 0.15) is 56.8 Å². The lowest BCUT2D eigenvalue weighted by atomic mass is 9.96. The zero-order valence-corrected chi connectivity index (χ0v) is 22.6. The first kappa shape index (κ1) is 28.3. The Morgan fingerprint density at radius 3 is 2.32 bits per heavy atom. The number of benzene rings is 1. The van der Waals surface area contributed by atoms with Crippen molar-refractivity contribution in [1.29, 1.82) is 0 Å². The van der Waals surface area contributed by atoms with Crippen LogP contribution in [-0.4, -0.2) is 52.7 Å². The van der Waals surface area contributed by atoms with Crippen molar-refractivity contribution in [2.24, 2.45) is 0 Å². The number of hydrogen-bond donors (Lipinski definition) is 2. The van der Waals surface area contributed by atoms with Gasteiger partial charge in [0.05, 0.1) is 10.6 Å². The number of rotatable bonds is 7. The quantitative estimate of drug-likeness (QED) is 0.455. The van der Waals surface area contributed by atoms with E-state index in [0.717, 1.165) is 19.8 Å². The Balaban J connectivity index is 1.36. The fourth-order valence-electron chi connectivity index (χ4n) is 4.94. The fraction of sp³-hybridized carbons (Fsp3) is 0.500. The number of hydrogen-bond acceptors (Lipinski definition) is 5. The molecule has 2 aromatic rings. The number of halogens is 5. The fourth-order valence-corrected chi connectivity index (χ4v) is 5.39. The monoisotopic (exact) mass is 572 g/mol. The molecule has 2 amide bonds. The predicted octanol–water partition coefficient (Wildman–Crippen LogP) is 5.54. The molecule has 0 aliphatic carbocycles. The molecule has 38 heavy (non-hydrogen) atoms. The molecule has 2 aliphatic rings. The van der Waals surface area contributed by atoms with Crippen molar-refractivity contribution in [2.75, 3.05) is 4.90 Å². The third kappa shape index (κ3) is 6.29. The van der Waals surface area contributed by atoms with Crippen molar-refractivity contribution in [3.05, 3.63) is 52.1 Å². The molecule has 2 saturated heterocycles. The van der Waals surface area contributed by atoms with E-state index in [-0.39, 0.29) is 29.6 Å². The van der Waals surface area contributed by atoms with Crippen LogP contribution in [0.25, 0.3) is 0 Å². The van der Waals surface area contributed by atoms with Crippen LogP contribution >= 0.6 is 23.2 Å². The summed E-state index contributed by atoms with van der Waals surface area (Å²) in [7, 11) is 0. The molecular formula is C26H29Cl2F3N4O3. The molecule has 2 N–H and O–H groups in total. The number of piperidine rings is 1. The third-order valence-corrected chi connectivity index (χ3v) is 7.52. The smallest absolute Gasteiger partial charge is 0.408 e. The third-order valence-electron chi connectivity index (χ3n) is 6.99. The topological polar surface area (TPSA) is 83.6 Å². The summed E-state index contributed by atoms with van der Waals surface area (Å²) < 4.78 is 44.2. The van der Waals surface area contributed by atoms with E-state index in [1.54, 1.807) is 38.1 Å². The van der Waals surface area contributed by atoms with Gasteiger partial charge in [0.2, 0.25) is 0 Å². The Labute approximate surface area is 229 Å². The number of alkyl halides is 3. The maximum absolute atomic E-state index is 13.1. The molecule has 206 valence electrons. The molecule has 1 aromatic heterocycles. The van der Waals surface area contributed by atoms with E-state index in [1.165, 1.54) is 12.3 Å². The summed E-state index contributed by atoms with van der Waals surface area (Å²) in [6.07, 6.45) is 0.0176. The highest BCUT2D eigenvalue weighted by molar-refractivity contribution is 6.35. The Kier molecular flexibility index (Phi) is 8.04. The summed E-state index contributed by atoms with van der Waals surface area (Å²) in [5, 5.41) is 5.84. The molecule has 1 aromatic carbocycles. The summed E-state index contributed by atoms with van der Waals surface area (Å²) in [4.78, 5) is 31.8. The van der Waals surface area contributed by atoms with E-state index in [1.807, 2.05) is 5.32 Å². The number of fused-ring (bicyclic) bond motifs is 2. The van der Waals surface area contributed by atoms with Gasteiger partial charge in [0.1, 0.15) is 17.6 Å². The van der Waals surface area contributed by atoms with Gasteiger partial charge in [0.15, 0.2) is 5.60 Å². The summed E-state index contributed by atoms with van der Waals surface area (Å²) in [5.41, 5.74) is -1.11. The van der Waals surface area contributed by atoms with Gasteiger partial charge in [0.25, 0.3) is 11.8 Å². The molecule has 2 bridgehead atoms. The molecule has 2 fully saturated rings. The number of aromatic nitrogens is 1. The van der Waals surface area contributed by atoms with Gasteiger partial charge in [0, 0.05) is 29.3 Å². The van der Waals surface area contributed by atoms with Crippen molar-refractivity contribution in [1.82, 2.24) is 15.6 Å². The highest BCUT2D eigenvalue weighted by Crippen LogP contribution is 2.39. The van der Waals surface area contributed by atoms with E-state index in [9.17, 15) is 22.8 Å². The predicted molar refractivity (Wildman–Crippen MR) is 139 cm³/mol. The number of ether oxygens (including phenoxy) is 1. The standard InChI is InChI=1S/C26H29Cl2F3N4O3/c1-14(26(29,30)31)33-23(36)15-4-9-22(32-13-15)35-18-6-7-19(35)12-17(11-18)34-24(37)25(2,3)38-21-8-5-16(27)10-20(21)28/h4-5,8-10,13-14,17-19H,6-7,11-12H2,1-3H3,(H,33,36)(H,34,37)/t14-,17?,18-,19+/m1/s1. The van der Waals surface area contributed by atoms with Gasteiger partial charge in [-0.1, -0.05) is 23.2 Å². The van der Waals surface area contributed by atoms with Crippen LogP contribution in [-0.2, 0) is 4.79 Å². The molecule has 12 heteroatoms. The van der Waals surface area contributed by atoms with E-state index in [0.29, 0.717) is 34.5 Å². The lowest BCUT2D eigenvalue weighted by Gasteiger charge is -2.40. The Bertz CT molecular complexity index is 1180. The van der Waals surface area contributed by atoms with Gasteiger partial charge >= 0.3 is 6.18 Å². The summed E-state index contributed by atoms with van der Waals surface area (Å²) >= 11 is 12.1. The van der Waals surface area contributed by atoms with Crippen LogP contribution in [0.15, 0.2) is 36.5 Å². The second-order valence-corrected chi connectivity index (χ2v) is 11.1. The highest BCUT2D eigenvalue weighted by Gasteiger charge is 2.43. The first-order valence-corrected chi connectivity index (χ1v) is 13.1. The van der Waals surface area contributed by atoms with E-state index < -0.39 is 23.7 Å². The Morgan fingerprint density at radius 2 is 1.76 bits per heavy atom. The second-order valence-electron chi connectivity index (χ2n) is 10.3. The van der Waals surface area contributed by atoms with E-state index in [4.69, 9.17) is 27.9 Å². The molecule has 2 aliphatic heterocycles. The zero-order valence-electron chi connectivity index (χ0n) is 21.1. The summed E-state index contributed by atoms with van der Waals surface area (Å²) in [6, 6.07) is 6.19. The SMILES string of the molecule is C[C@@H](NC(=O)c1ccc(N2[C@@H]3CC[C@H]2CC(NC(=O)C(C)(C)Oc2ccc(Cl)cc2Cl)C3)nc1)C(F)(F)F. The van der Waals surface area contributed by atoms with Crippen molar-refractivity contribution in [3.63, 3.8) is 0 Å². The Hall–Kier alpha value is -2.72. The molecule has 0 spiro atoms. The average Bonchev–Trinajstić information content (AvgIpc) is 3.10. The van der Waals surface area contributed by atoms with Crippen LogP contribution in [0.2, 0.25) is 10.0 Å². The maximum atomic E-state index is 13.1. The van der Waals surface area contributed by atoms with Gasteiger partial charge in [-0.15, -0.1) is 0 Å². The van der Waals surface area contributed by atoms with Gasteiger partial charge in [-0.3, -0.25) is 9.59 Å². The van der Waals surface area contributed by atoms with Gasteiger partial charge < -0.3 is 20.3 Å².